The van der Waals surface area contributed by atoms with Crippen LogP contribution in [0.5, 0.6) is 0 Å². The third-order valence-corrected chi connectivity index (χ3v) is 8.61. The van der Waals surface area contributed by atoms with E-state index < -0.39 is 0 Å². The van der Waals surface area contributed by atoms with Gasteiger partial charge in [-0.2, -0.15) is 0 Å². The number of para-hydroxylation sites is 1. The van der Waals surface area contributed by atoms with Crippen LogP contribution >= 0.6 is 0 Å². The van der Waals surface area contributed by atoms with Gasteiger partial charge in [-0.1, -0.05) is 106 Å². The van der Waals surface area contributed by atoms with Crippen LogP contribution in [-0.2, 0) is 5.41 Å². The molecule has 0 saturated heterocycles. The molecule has 4 aromatic carbocycles. The van der Waals surface area contributed by atoms with Crippen LogP contribution in [0, 0.1) is 0 Å². The average Bonchev–Trinajstić information content (AvgIpc) is 3.43. The Morgan fingerprint density at radius 2 is 1.35 bits per heavy atom. The van der Waals surface area contributed by atoms with Gasteiger partial charge in [0.05, 0.1) is 17.4 Å². The van der Waals surface area contributed by atoms with Crippen LogP contribution in [-0.4, -0.2) is 0 Å². The first-order valence-corrected chi connectivity index (χ1v) is 14.2. The van der Waals surface area contributed by atoms with Gasteiger partial charge in [0, 0.05) is 5.41 Å². The van der Waals surface area contributed by atoms with Crippen molar-refractivity contribution in [3.8, 4) is 22.3 Å². The monoisotopic (exact) mass is 486 g/mol. The van der Waals surface area contributed by atoms with Crippen LogP contribution in [0.15, 0.2) is 91.0 Å². The lowest BCUT2D eigenvalue weighted by Crippen LogP contribution is -2.28. The maximum atomic E-state index is 3.62. The van der Waals surface area contributed by atoms with Gasteiger partial charge < -0.3 is 0 Å². The zero-order valence-corrected chi connectivity index (χ0v) is 22.4. The van der Waals surface area contributed by atoms with Gasteiger partial charge in [-0.15, -0.1) is 0 Å². The summed E-state index contributed by atoms with van der Waals surface area (Å²) in [6.07, 6.45) is 7.46. The number of unbranched alkanes of at least 4 members (excludes halogenated alkanes) is 2. The van der Waals surface area contributed by atoms with E-state index in [1.165, 1.54) is 77.7 Å². The summed E-state index contributed by atoms with van der Waals surface area (Å²) in [5.74, 6) is 0. The molecule has 1 aliphatic carbocycles. The van der Waals surface area contributed by atoms with Gasteiger partial charge in [-0.05, 0) is 83.0 Å². The van der Waals surface area contributed by atoms with Crippen LogP contribution < -0.4 is 10.4 Å². The standard InChI is InChI=1S/C35H38N2/c1-4-6-22-35(23-7-5-2)32-14-10-8-13-30(32)31-21-18-27(24-33(31)35)26-16-19-28(20-17-26)37-34-15-11-9-12-29(34)25(3)36-37/h8-21,24-25,36H,4-7,22-23H2,1-3H3. The van der Waals surface area contributed by atoms with Crippen LogP contribution in [0.1, 0.15) is 82.0 Å². The number of fused-ring (bicyclic) bond motifs is 4. The Bertz CT molecular complexity index is 1390. The van der Waals surface area contributed by atoms with Crippen LogP contribution in [0.4, 0.5) is 11.4 Å². The largest absolute Gasteiger partial charge is 0.276 e. The molecule has 0 fully saturated rings. The molecule has 1 unspecified atom stereocenters. The van der Waals surface area contributed by atoms with E-state index in [0.717, 1.165) is 0 Å². The predicted octanol–water partition coefficient (Wildman–Crippen LogP) is 9.72. The first-order valence-electron chi connectivity index (χ1n) is 14.2. The summed E-state index contributed by atoms with van der Waals surface area (Å²) >= 11 is 0. The van der Waals surface area contributed by atoms with Gasteiger partial charge in [0.25, 0.3) is 0 Å². The Morgan fingerprint density at radius 3 is 2.11 bits per heavy atom. The fourth-order valence-corrected chi connectivity index (χ4v) is 6.66. The van der Waals surface area contributed by atoms with Crippen molar-refractivity contribution in [2.24, 2.45) is 0 Å². The number of hydrogen-bond acceptors (Lipinski definition) is 2. The number of hydrazine groups is 1. The third kappa shape index (κ3) is 3.99. The molecule has 0 bridgehead atoms. The first-order chi connectivity index (χ1) is 18.2. The SMILES string of the molecule is CCCCC1(CCCC)c2ccccc2-c2ccc(-c3ccc(N4NC(C)c5ccccc54)cc3)cc21. The molecule has 1 heterocycles. The fraction of sp³-hybridized carbons (Fsp3) is 0.314. The minimum atomic E-state index is 0.132. The van der Waals surface area contributed by atoms with Crippen molar-refractivity contribution < 1.29 is 0 Å². The summed E-state index contributed by atoms with van der Waals surface area (Å²) in [4.78, 5) is 0. The van der Waals surface area contributed by atoms with Crippen LogP contribution in [0.3, 0.4) is 0 Å². The summed E-state index contributed by atoms with van der Waals surface area (Å²) in [5, 5.41) is 2.23. The average molecular weight is 487 g/mol. The zero-order valence-electron chi connectivity index (χ0n) is 22.4. The van der Waals surface area contributed by atoms with E-state index in [1.807, 2.05) is 0 Å². The molecule has 0 aromatic heterocycles. The van der Waals surface area contributed by atoms with Gasteiger partial charge >= 0.3 is 0 Å². The Labute approximate surface area is 222 Å². The minimum Gasteiger partial charge on any atom is -0.276 e. The molecule has 0 saturated carbocycles. The van der Waals surface area contributed by atoms with E-state index in [4.69, 9.17) is 0 Å². The Kier molecular flexibility index (Phi) is 6.38. The van der Waals surface area contributed by atoms with Gasteiger partial charge in [0.2, 0.25) is 0 Å². The van der Waals surface area contributed by atoms with Crippen molar-refractivity contribution in [3.63, 3.8) is 0 Å². The van der Waals surface area contributed by atoms with Crippen LogP contribution in [0.2, 0.25) is 0 Å². The smallest absolute Gasteiger partial charge is 0.0626 e. The predicted molar refractivity (Wildman–Crippen MR) is 157 cm³/mol. The molecule has 6 rings (SSSR count). The molecule has 188 valence electrons. The summed E-state index contributed by atoms with van der Waals surface area (Å²) < 4.78 is 0. The molecule has 37 heavy (non-hydrogen) atoms. The molecule has 1 N–H and O–H groups in total. The van der Waals surface area contributed by atoms with Crippen molar-refractivity contribution in [1.29, 1.82) is 0 Å². The molecule has 0 radical (unpaired) electrons. The summed E-state index contributed by atoms with van der Waals surface area (Å²) in [7, 11) is 0. The van der Waals surface area contributed by atoms with Crippen molar-refractivity contribution in [2.75, 3.05) is 5.01 Å². The van der Waals surface area contributed by atoms with Crippen LogP contribution in [0.25, 0.3) is 22.3 Å². The summed E-state index contributed by atoms with van der Waals surface area (Å²) in [6.45, 7) is 6.86. The summed E-state index contributed by atoms with van der Waals surface area (Å²) in [6, 6.07) is 34.4. The molecule has 2 aliphatic rings. The van der Waals surface area contributed by atoms with E-state index in [2.05, 4.69) is 122 Å². The van der Waals surface area contributed by atoms with E-state index >= 15 is 0 Å². The quantitative estimate of drug-likeness (QED) is 0.267. The molecule has 2 heteroatoms. The second kappa shape index (κ2) is 9.84. The Hall–Kier alpha value is -3.36. The molecule has 0 spiro atoms. The lowest BCUT2D eigenvalue weighted by atomic mass is 9.70. The molecule has 2 nitrogen and oxygen atoms in total. The normalized spacial score (nSPS) is 16.9. The Balaban J connectivity index is 1.38. The fourth-order valence-electron chi connectivity index (χ4n) is 6.66. The number of hydrogen-bond donors (Lipinski definition) is 1. The highest BCUT2D eigenvalue weighted by atomic mass is 15.5. The lowest BCUT2D eigenvalue weighted by molar-refractivity contribution is 0.414. The van der Waals surface area contributed by atoms with Crippen molar-refractivity contribution in [1.82, 2.24) is 5.43 Å². The second-order valence-corrected chi connectivity index (χ2v) is 10.9. The highest BCUT2D eigenvalue weighted by Crippen LogP contribution is 2.54. The number of benzene rings is 4. The highest BCUT2D eigenvalue weighted by molar-refractivity contribution is 5.84. The number of nitrogens with zero attached hydrogens (tertiary/aromatic N) is 1. The molecular weight excluding hydrogens is 448 g/mol. The number of rotatable bonds is 8. The van der Waals surface area contributed by atoms with E-state index in [0.29, 0.717) is 6.04 Å². The zero-order chi connectivity index (χ0) is 25.4. The second-order valence-electron chi connectivity index (χ2n) is 10.9. The van der Waals surface area contributed by atoms with Crippen molar-refractivity contribution in [3.05, 3.63) is 108 Å². The topological polar surface area (TPSA) is 15.3 Å². The number of anilines is 2. The van der Waals surface area contributed by atoms with Gasteiger partial charge in [0.1, 0.15) is 0 Å². The molecule has 0 amide bonds. The van der Waals surface area contributed by atoms with E-state index in [-0.39, 0.29) is 5.41 Å². The molecular formula is C35H38N2. The molecule has 1 aliphatic heterocycles. The maximum Gasteiger partial charge on any atom is 0.0626 e. The molecule has 1 atom stereocenters. The van der Waals surface area contributed by atoms with Gasteiger partial charge in [-0.3, -0.25) is 5.01 Å². The first kappa shape index (κ1) is 24.0. The maximum absolute atomic E-state index is 3.62. The minimum absolute atomic E-state index is 0.132. The highest BCUT2D eigenvalue weighted by Gasteiger charge is 2.42. The van der Waals surface area contributed by atoms with Gasteiger partial charge in [-0.25, -0.2) is 5.43 Å². The van der Waals surface area contributed by atoms with Crippen molar-refractivity contribution >= 4 is 11.4 Å². The lowest BCUT2D eigenvalue weighted by Gasteiger charge is -2.33. The van der Waals surface area contributed by atoms with Crippen molar-refractivity contribution in [2.45, 2.75) is 70.8 Å². The third-order valence-electron chi connectivity index (χ3n) is 8.61. The Morgan fingerprint density at radius 1 is 0.703 bits per heavy atom. The molecule has 4 aromatic rings. The number of nitrogens with one attached hydrogen (secondary N) is 1. The summed E-state index contributed by atoms with van der Waals surface area (Å²) in [5.41, 5.74) is 16.1. The van der Waals surface area contributed by atoms with E-state index in [9.17, 15) is 0 Å². The van der Waals surface area contributed by atoms with E-state index in [1.54, 1.807) is 11.1 Å². The van der Waals surface area contributed by atoms with Gasteiger partial charge in [0.15, 0.2) is 0 Å².